The molecule has 2 N–H and O–H groups in total. The second kappa shape index (κ2) is 6.48. The van der Waals surface area contributed by atoms with Crippen LogP contribution in [-0.4, -0.2) is 42.5 Å². The lowest BCUT2D eigenvalue weighted by molar-refractivity contribution is -0.144. The Balaban J connectivity index is 2.39. The van der Waals surface area contributed by atoms with Crippen LogP contribution in [0.25, 0.3) is 0 Å². The first-order chi connectivity index (χ1) is 7.65. The van der Waals surface area contributed by atoms with Crippen LogP contribution in [0.3, 0.4) is 0 Å². The summed E-state index contributed by atoms with van der Waals surface area (Å²) in [5, 5.41) is 0. The van der Waals surface area contributed by atoms with Crippen LogP contribution in [-0.2, 0) is 14.3 Å². The van der Waals surface area contributed by atoms with Gasteiger partial charge in [-0.3, -0.25) is 9.59 Å². The van der Waals surface area contributed by atoms with E-state index >= 15 is 0 Å². The van der Waals surface area contributed by atoms with Crippen molar-refractivity contribution in [2.24, 2.45) is 5.73 Å². The summed E-state index contributed by atoms with van der Waals surface area (Å²) in [5.74, 6) is -0.296. The number of nitrogens with zero attached hydrogens (tertiary/aromatic N) is 1. The molecule has 1 aliphatic heterocycles. The van der Waals surface area contributed by atoms with Crippen LogP contribution in [0.1, 0.15) is 32.6 Å². The fraction of sp³-hybridized carbons (Fsp3) is 0.818. The highest BCUT2D eigenvalue weighted by molar-refractivity contribution is 5.82. The highest BCUT2D eigenvalue weighted by atomic mass is 16.5. The summed E-state index contributed by atoms with van der Waals surface area (Å²) in [5.41, 5.74) is 5.73. The Labute approximate surface area is 95.9 Å². The number of likely N-dealkylation sites (tertiary alicyclic amines) is 1. The normalized spacial score (nSPS) is 21.8. The van der Waals surface area contributed by atoms with Gasteiger partial charge in [0.25, 0.3) is 0 Å². The zero-order valence-corrected chi connectivity index (χ0v) is 9.78. The first kappa shape index (κ1) is 13.0. The molecule has 0 spiro atoms. The molecule has 5 nitrogen and oxygen atoms in total. The minimum absolute atomic E-state index is 0.0400. The smallest absolute Gasteiger partial charge is 0.307 e. The van der Waals surface area contributed by atoms with E-state index in [1.807, 2.05) is 0 Å². The lowest BCUT2D eigenvalue weighted by atomic mass is 10.1. The van der Waals surface area contributed by atoms with Crippen molar-refractivity contribution in [3.8, 4) is 0 Å². The number of rotatable bonds is 4. The summed E-state index contributed by atoms with van der Waals surface area (Å²) in [6.07, 6.45) is 2.94. The highest BCUT2D eigenvalue weighted by Crippen LogP contribution is 2.11. The van der Waals surface area contributed by atoms with E-state index in [2.05, 4.69) is 0 Å². The van der Waals surface area contributed by atoms with Gasteiger partial charge in [0.1, 0.15) is 0 Å². The average Bonchev–Trinajstić information content (AvgIpc) is 2.41. The van der Waals surface area contributed by atoms with Crippen molar-refractivity contribution in [1.29, 1.82) is 0 Å². The molecule has 0 aromatic heterocycles. The van der Waals surface area contributed by atoms with Crippen LogP contribution >= 0.6 is 0 Å². The predicted molar refractivity (Wildman–Crippen MR) is 59.7 cm³/mol. The first-order valence-corrected chi connectivity index (χ1v) is 5.85. The Morgan fingerprint density at radius 3 is 3.00 bits per heavy atom. The monoisotopic (exact) mass is 228 g/mol. The Morgan fingerprint density at radius 2 is 2.31 bits per heavy atom. The fourth-order valence-corrected chi connectivity index (χ4v) is 1.82. The van der Waals surface area contributed by atoms with E-state index in [1.54, 1.807) is 11.8 Å². The molecule has 0 aromatic carbocycles. The molecular formula is C11H20N2O3. The van der Waals surface area contributed by atoms with Gasteiger partial charge in [-0.05, 0) is 26.2 Å². The molecule has 0 saturated carbocycles. The minimum Gasteiger partial charge on any atom is -0.466 e. The van der Waals surface area contributed by atoms with Crippen LogP contribution in [0, 0.1) is 0 Å². The van der Waals surface area contributed by atoms with Gasteiger partial charge >= 0.3 is 5.97 Å². The number of ether oxygens (including phenoxy) is 1. The topological polar surface area (TPSA) is 72.6 Å². The largest absolute Gasteiger partial charge is 0.466 e. The van der Waals surface area contributed by atoms with Gasteiger partial charge in [0.05, 0.1) is 19.1 Å². The molecule has 1 rings (SSSR count). The third-order valence-corrected chi connectivity index (χ3v) is 2.71. The van der Waals surface area contributed by atoms with Crippen molar-refractivity contribution in [3.63, 3.8) is 0 Å². The first-order valence-electron chi connectivity index (χ1n) is 5.85. The third-order valence-electron chi connectivity index (χ3n) is 2.71. The van der Waals surface area contributed by atoms with Crippen molar-refractivity contribution in [2.75, 3.05) is 19.7 Å². The number of amides is 1. The second-order valence-electron chi connectivity index (χ2n) is 3.98. The molecule has 16 heavy (non-hydrogen) atoms. The third kappa shape index (κ3) is 3.81. The molecule has 0 bridgehead atoms. The summed E-state index contributed by atoms with van der Waals surface area (Å²) in [6, 6.07) is -0.398. The van der Waals surface area contributed by atoms with Crippen molar-refractivity contribution in [3.05, 3.63) is 0 Å². The highest BCUT2D eigenvalue weighted by Gasteiger charge is 2.23. The van der Waals surface area contributed by atoms with Gasteiger partial charge in [0.15, 0.2) is 0 Å². The van der Waals surface area contributed by atoms with Crippen LogP contribution in [0.5, 0.6) is 0 Å². The molecule has 1 aliphatic rings. The average molecular weight is 228 g/mol. The van der Waals surface area contributed by atoms with E-state index in [-0.39, 0.29) is 18.3 Å². The van der Waals surface area contributed by atoms with Crippen molar-refractivity contribution >= 4 is 11.9 Å². The van der Waals surface area contributed by atoms with Gasteiger partial charge < -0.3 is 15.4 Å². The molecule has 1 heterocycles. The number of carbonyl (C=O) groups is 2. The van der Waals surface area contributed by atoms with Gasteiger partial charge in [-0.2, -0.15) is 0 Å². The van der Waals surface area contributed by atoms with Gasteiger partial charge in [0, 0.05) is 13.1 Å². The summed E-state index contributed by atoms with van der Waals surface area (Å²) in [4.78, 5) is 24.6. The molecule has 1 atom stereocenters. The van der Waals surface area contributed by atoms with Crippen LogP contribution in [0.4, 0.5) is 0 Å². The summed E-state index contributed by atoms with van der Waals surface area (Å²) in [7, 11) is 0. The fourth-order valence-electron chi connectivity index (χ4n) is 1.82. The summed E-state index contributed by atoms with van der Waals surface area (Å²) >= 11 is 0. The number of esters is 1. The summed E-state index contributed by atoms with van der Waals surface area (Å²) in [6.45, 7) is 3.27. The maximum Gasteiger partial charge on any atom is 0.307 e. The van der Waals surface area contributed by atoms with E-state index in [0.717, 1.165) is 19.3 Å². The molecule has 0 aliphatic carbocycles. The lowest BCUT2D eigenvalue weighted by Gasteiger charge is -2.22. The minimum atomic E-state index is -0.398. The molecule has 92 valence electrons. The molecule has 5 heteroatoms. The lowest BCUT2D eigenvalue weighted by Crippen LogP contribution is -2.43. The number of hydrogen-bond acceptors (Lipinski definition) is 4. The number of nitrogens with two attached hydrogens (primary N) is 1. The maximum atomic E-state index is 11.8. The zero-order chi connectivity index (χ0) is 12.0. The van der Waals surface area contributed by atoms with Gasteiger partial charge in [0.2, 0.25) is 5.91 Å². The van der Waals surface area contributed by atoms with E-state index in [1.165, 1.54) is 0 Å². The second-order valence-corrected chi connectivity index (χ2v) is 3.98. The molecular weight excluding hydrogens is 208 g/mol. The molecule has 1 amide bonds. The van der Waals surface area contributed by atoms with Gasteiger partial charge in [-0.25, -0.2) is 0 Å². The van der Waals surface area contributed by atoms with E-state index < -0.39 is 6.04 Å². The zero-order valence-electron chi connectivity index (χ0n) is 9.78. The molecule has 0 radical (unpaired) electrons. The van der Waals surface area contributed by atoms with Crippen LogP contribution < -0.4 is 5.73 Å². The van der Waals surface area contributed by atoms with Crippen molar-refractivity contribution in [1.82, 2.24) is 4.90 Å². The predicted octanol–water partition coefficient (Wildman–Crippen LogP) is 0.279. The Morgan fingerprint density at radius 1 is 1.56 bits per heavy atom. The quantitative estimate of drug-likeness (QED) is 0.701. The van der Waals surface area contributed by atoms with Crippen LogP contribution in [0.2, 0.25) is 0 Å². The molecule has 1 fully saturated rings. The van der Waals surface area contributed by atoms with Crippen molar-refractivity contribution in [2.45, 2.75) is 38.6 Å². The Kier molecular flexibility index (Phi) is 5.25. The number of hydrogen-bond donors (Lipinski definition) is 1. The Hall–Kier alpha value is -1.10. The summed E-state index contributed by atoms with van der Waals surface area (Å²) < 4.78 is 4.82. The van der Waals surface area contributed by atoms with E-state index in [0.29, 0.717) is 19.7 Å². The standard InChI is InChI=1S/C11H20N2O3/c1-2-16-10(14)6-8-13-7-4-3-5-9(12)11(13)15/h9H,2-8,12H2,1H3/t9-/m0/s1. The van der Waals surface area contributed by atoms with Gasteiger partial charge in [-0.15, -0.1) is 0 Å². The van der Waals surface area contributed by atoms with Crippen LogP contribution in [0.15, 0.2) is 0 Å². The molecule has 0 aromatic rings. The van der Waals surface area contributed by atoms with E-state index in [9.17, 15) is 9.59 Å². The van der Waals surface area contributed by atoms with Crippen molar-refractivity contribution < 1.29 is 14.3 Å². The molecule has 1 saturated heterocycles. The Bertz CT molecular complexity index is 256. The number of carbonyl (C=O) groups excluding carboxylic acids is 2. The maximum absolute atomic E-state index is 11.8. The van der Waals surface area contributed by atoms with Gasteiger partial charge in [-0.1, -0.05) is 0 Å². The molecule has 0 unspecified atom stereocenters. The van der Waals surface area contributed by atoms with E-state index in [4.69, 9.17) is 10.5 Å². The SMILES string of the molecule is CCOC(=O)CCN1CCCC[C@H](N)C1=O.